The van der Waals surface area contributed by atoms with Gasteiger partial charge in [0.25, 0.3) is 0 Å². The van der Waals surface area contributed by atoms with E-state index in [0.29, 0.717) is 13.0 Å². The molecule has 1 aliphatic carbocycles. The summed E-state index contributed by atoms with van der Waals surface area (Å²) in [6, 6.07) is 10.00. The van der Waals surface area contributed by atoms with Gasteiger partial charge in [0.2, 0.25) is 0 Å². The van der Waals surface area contributed by atoms with Crippen LogP contribution >= 0.6 is 0 Å². The molecule has 6 heteroatoms. The zero-order valence-corrected chi connectivity index (χ0v) is 17.2. The van der Waals surface area contributed by atoms with E-state index in [4.69, 9.17) is 18.9 Å². The molecule has 2 aliphatic heterocycles. The van der Waals surface area contributed by atoms with E-state index in [0.717, 1.165) is 5.56 Å². The van der Waals surface area contributed by atoms with Crippen LogP contribution in [0.15, 0.2) is 30.3 Å². The molecule has 3 aliphatic rings. The molecule has 142 valence electrons. The Morgan fingerprint density at radius 1 is 1.12 bits per heavy atom. The highest BCUT2D eigenvalue weighted by Crippen LogP contribution is 2.59. The number of rotatable bonds is 4. The molecule has 1 unspecified atom stereocenters. The number of hydrogen-bond donors (Lipinski definition) is 0. The molecule has 0 N–H and O–H groups in total. The molecule has 2 heterocycles. The van der Waals surface area contributed by atoms with E-state index < -0.39 is 31.9 Å². The van der Waals surface area contributed by atoms with Gasteiger partial charge in [-0.05, 0) is 25.0 Å². The maximum atomic E-state index is 12.8. The van der Waals surface area contributed by atoms with Gasteiger partial charge >= 0.3 is 0 Å². The van der Waals surface area contributed by atoms with E-state index >= 15 is 0 Å². The lowest BCUT2D eigenvalue weighted by atomic mass is 9.73. The van der Waals surface area contributed by atoms with Crippen molar-refractivity contribution in [3.05, 3.63) is 35.9 Å². The average molecular weight is 377 g/mol. The fraction of sp³-hybridized carbons (Fsp3) is 0.650. The first-order chi connectivity index (χ1) is 12.1. The normalized spacial score (nSPS) is 38.4. The van der Waals surface area contributed by atoms with Crippen molar-refractivity contribution in [3.8, 4) is 0 Å². The SMILES string of the molecule is CC1(C)OC2[C@@H](O1)O[C@]1(C(=O)C[C@@H]1[Si](C)(C)C)[C@H]2OCc1ccccc1. The molecule has 3 fully saturated rings. The molecule has 1 spiro atoms. The Hall–Kier alpha value is -1.05. The zero-order valence-electron chi connectivity index (χ0n) is 16.2. The summed E-state index contributed by atoms with van der Waals surface area (Å²) in [6.45, 7) is 11.0. The third kappa shape index (κ3) is 2.79. The van der Waals surface area contributed by atoms with Crippen LogP contribution in [0.25, 0.3) is 0 Å². The average Bonchev–Trinajstić information content (AvgIpc) is 3.01. The van der Waals surface area contributed by atoms with E-state index in [-0.39, 0.29) is 17.4 Å². The van der Waals surface area contributed by atoms with Crippen molar-refractivity contribution in [2.75, 3.05) is 0 Å². The molecule has 0 radical (unpaired) electrons. The van der Waals surface area contributed by atoms with Crippen LogP contribution < -0.4 is 0 Å². The Labute approximate surface area is 156 Å². The van der Waals surface area contributed by atoms with E-state index in [1.54, 1.807) is 0 Å². The van der Waals surface area contributed by atoms with Crippen LogP contribution in [0.3, 0.4) is 0 Å². The molecule has 26 heavy (non-hydrogen) atoms. The first kappa shape index (κ1) is 18.3. The number of benzene rings is 1. The third-order valence-corrected chi connectivity index (χ3v) is 8.50. The molecular formula is C20H28O5Si. The molecule has 4 rings (SSSR count). The van der Waals surface area contributed by atoms with Gasteiger partial charge in [0, 0.05) is 6.42 Å². The molecule has 5 nitrogen and oxygen atoms in total. The minimum absolute atomic E-state index is 0.127. The van der Waals surface area contributed by atoms with Gasteiger partial charge in [-0.1, -0.05) is 50.0 Å². The van der Waals surface area contributed by atoms with E-state index in [1.807, 2.05) is 44.2 Å². The molecule has 0 bridgehead atoms. The lowest BCUT2D eigenvalue weighted by molar-refractivity contribution is -0.251. The van der Waals surface area contributed by atoms with E-state index in [2.05, 4.69) is 19.6 Å². The highest BCUT2D eigenvalue weighted by atomic mass is 28.3. The highest BCUT2D eigenvalue weighted by Gasteiger charge is 2.74. The topological polar surface area (TPSA) is 54.0 Å². The van der Waals surface area contributed by atoms with Crippen LogP contribution in [0.4, 0.5) is 0 Å². The fourth-order valence-corrected chi connectivity index (χ4v) is 7.03. The zero-order chi connectivity index (χ0) is 18.7. The second kappa shape index (κ2) is 5.97. The van der Waals surface area contributed by atoms with Gasteiger partial charge in [-0.15, -0.1) is 0 Å². The number of ketones is 1. The monoisotopic (exact) mass is 376 g/mol. The molecule has 5 atom stereocenters. The van der Waals surface area contributed by atoms with Crippen molar-refractivity contribution in [1.82, 2.24) is 0 Å². The summed E-state index contributed by atoms with van der Waals surface area (Å²) in [5.74, 6) is -0.602. The predicted octanol–water partition coefficient (Wildman–Crippen LogP) is 3.50. The molecule has 1 aromatic rings. The second-order valence-corrected chi connectivity index (χ2v) is 14.6. The van der Waals surface area contributed by atoms with Gasteiger partial charge < -0.3 is 18.9 Å². The number of carbonyl (C=O) groups is 1. The highest BCUT2D eigenvalue weighted by molar-refractivity contribution is 6.79. The molecule has 0 amide bonds. The quantitative estimate of drug-likeness (QED) is 0.753. The van der Waals surface area contributed by atoms with Crippen LogP contribution in [0.5, 0.6) is 0 Å². The summed E-state index contributed by atoms with van der Waals surface area (Å²) >= 11 is 0. The van der Waals surface area contributed by atoms with Crippen molar-refractivity contribution in [3.63, 3.8) is 0 Å². The van der Waals surface area contributed by atoms with Gasteiger partial charge in [0.15, 0.2) is 23.5 Å². The van der Waals surface area contributed by atoms with Crippen molar-refractivity contribution >= 4 is 13.9 Å². The number of carbonyl (C=O) groups excluding carboxylic acids is 1. The van der Waals surface area contributed by atoms with Crippen molar-refractivity contribution in [2.24, 2.45) is 0 Å². The summed E-state index contributed by atoms with van der Waals surface area (Å²) in [6.07, 6.45) is -0.790. The molecule has 1 aromatic carbocycles. The van der Waals surface area contributed by atoms with E-state index in [9.17, 15) is 4.79 Å². The molecule has 2 saturated heterocycles. The molecular weight excluding hydrogens is 348 g/mol. The summed E-state index contributed by atoms with van der Waals surface area (Å²) < 4.78 is 24.7. The summed E-state index contributed by atoms with van der Waals surface area (Å²) in [5, 5.41) is 0. The van der Waals surface area contributed by atoms with Crippen LogP contribution in [0.2, 0.25) is 25.2 Å². The van der Waals surface area contributed by atoms with Crippen LogP contribution in [0.1, 0.15) is 25.8 Å². The number of fused-ring (bicyclic) bond motifs is 1. The Morgan fingerprint density at radius 3 is 2.42 bits per heavy atom. The number of Topliss-reactive ketones (excluding diaryl/α,β-unsaturated/α-hetero) is 1. The van der Waals surface area contributed by atoms with Gasteiger partial charge in [-0.25, -0.2) is 0 Å². The molecule has 0 aromatic heterocycles. The molecule has 1 saturated carbocycles. The summed E-state index contributed by atoms with van der Waals surface area (Å²) in [4.78, 5) is 12.8. The van der Waals surface area contributed by atoms with E-state index in [1.165, 1.54) is 0 Å². The number of hydrogen-bond acceptors (Lipinski definition) is 5. The van der Waals surface area contributed by atoms with Crippen LogP contribution in [-0.2, 0) is 30.3 Å². The first-order valence-corrected chi connectivity index (χ1v) is 12.9. The van der Waals surface area contributed by atoms with Crippen molar-refractivity contribution in [2.45, 2.75) is 81.9 Å². The van der Waals surface area contributed by atoms with Crippen LogP contribution in [-0.4, -0.2) is 43.7 Å². The minimum Gasteiger partial charge on any atom is -0.367 e. The van der Waals surface area contributed by atoms with Crippen molar-refractivity contribution in [1.29, 1.82) is 0 Å². The van der Waals surface area contributed by atoms with Crippen molar-refractivity contribution < 1.29 is 23.7 Å². The largest absolute Gasteiger partial charge is 0.367 e. The van der Waals surface area contributed by atoms with Gasteiger partial charge in [0.1, 0.15) is 12.2 Å². The van der Waals surface area contributed by atoms with Crippen LogP contribution in [0, 0.1) is 0 Å². The Morgan fingerprint density at radius 2 is 1.81 bits per heavy atom. The number of ether oxygens (including phenoxy) is 4. The summed E-state index contributed by atoms with van der Waals surface area (Å²) in [5.41, 5.74) is 0.371. The maximum Gasteiger partial charge on any atom is 0.191 e. The maximum absolute atomic E-state index is 12.8. The Bertz CT molecular complexity index is 698. The fourth-order valence-electron chi connectivity index (χ4n) is 4.55. The minimum atomic E-state index is -1.62. The predicted molar refractivity (Wildman–Crippen MR) is 99.4 cm³/mol. The van der Waals surface area contributed by atoms with Gasteiger partial charge in [-0.3, -0.25) is 4.79 Å². The Balaban J connectivity index is 1.64. The summed E-state index contributed by atoms with van der Waals surface area (Å²) in [7, 11) is -1.62. The standard InChI is InChI=1S/C20H28O5Si/c1-19(2)23-16-17(22-12-13-9-7-6-8-10-13)20(25-18(16)24-19)14(21)11-15(20)26(3,4)5/h6-10,15-18H,11-12H2,1-5H3/t15-,16?,17-,18-,20-/m0/s1. The lowest BCUT2D eigenvalue weighted by Gasteiger charge is -2.53. The third-order valence-electron chi connectivity index (χ3n) is 5.78. The van der Waals surface area contributed by atoms with Gasteiger partial charge in [-0.2, -0.15) is 0 Å². The second-order valence-electron chi connectivity index (χ2n) is 9.14. The smallest absolute Gasteiger partial charge is 0.191 e. The lowest BCUT2D eigenvalue weighted by Crippen LogP contribution is -2.67. The van der Waals surface area contributed by atoms with Gasteiger partial charge in [0.05, 0.1) is 14.7 Å². The Kier molecular flexibility index (Phi) is 4.21. The first-order valence-electron chi connectivity index (χ1n) is 9.36.